The maximum absolute atomic E-state index is 3.85. The summed E-state index contributed by atoms with van der Waals surface area (Å²) in [6, 6.07) is 41.0. The lowest BCUT2D eigenvalue weighted by Gasteiger charge is -2.21. The highest BCUT2D eigenvalue weighted by atomic mass is 79.9. The highest BCUT2D eigenvalue weighted by Crippen LogP contribution is 2.58. The molecule has 0 atom stereocenters. The van der Waals surface area contributed by atoms with Crippen molar-refractivity contribution in [1.29, 1.82) is 0 Å². The molecule has 0 heterocycles. The Morgan fingerprint density at radius 3 is 1.55 bits per heavy atom. The van der Waals surface area contributed by atoms with E-state index >= 15 is 0 Å². The summed E-state index contributed by atoms with van der Waals surface area (Å²) in [7, 11) is 0. The molecule has 0 N–H and O–H groups in total. The summed E-state index contributed by atoms with van der Waals surface area (Å²) in [4.78, 5) is 0. The first-order chi connectivity index (χ1) is 21.3. The van der Waals surface area contributed by atoms with Gasteiger partial charge in [-0.1, -0.05) is 139 Å². The summed E-state index contributed by atoms with van der Waals surface area (Å²) in [5.41, 5.74) is 18.1. The molecule has 0 nitrogen and oxygen atoms in total. The lowest BCUT2D eigenvalue weighted by Crippen LogP contribution is -1.95. The van der Waals surface area contributed by atoms with E-state index < -0.39 is 0 Å². The maximum Gasteiger partial charge on any atom is 0.0181 e. The van der Waals surface area contributed by atoms with Gasteiger partial charge in [0.1, 0.15) is 0 Å². The van der Waals surface area contributed by atoms with E-state index in [4.69, 9.17) is 0 Å². The number of halogens is 2. The highest BCUT2D eigenvalue weighted by Gasteiger charge is 2.31. The van der Waals surface area contributed by atoms with E-state index in [0.29, 0.717) is 0 Å². The van der Waals surface area contributed by atoms with Gasteiger partial charge in [-0.25, -0.2) is 0 Å². The van der Waals surface area contributed by atoms with E-state index in [-0.39, 0.29) is 0 Å². The quantitative estimate of drug-likeness (QED) is 0.173. The van der Waals surface area contributed by atoms with Gasteiger partial charge < -0.3 is 0 Å². The van der Waals surface area contributed by atoms with E-state index in [1.54, 1.807) is 0 Å². The van der Waals surface area contributed by atoms with Crippen molar-refractivity contribution in [3.05, 3.63) is 140 Å². The summed E-state index contributed by atoms with van der Waals surface area (Å²) in [6.45, 7) is 8.83. The second-order valence-corrected chi connectivity index (χ2v) is 14.2. The van der Waals surface area contributed by atoms with E-state index in [1.807, 2.05) is 0 Å². The standard InChI is InChI=1S/C42H30Br2/c1-23-15-24(2)18-28(17-23)38-34-12-11-31(44)22-37(34)39(29-19-25(3)16-26(4)20-29)42-36-14-13-32(27-7-5-8-30(43)21-27)33-9-6-10-35(40(33)36)41(38)42/h5-22H,1-4H3. The van der Waals surface area contributed by atoms with Crippen LogP contribution >= 0.6 is 31.9 Å². The fourth-order valence-electron chi connectivity index (χ4n) is 7.57. The van der Waals surface area contributed by atoms with Gasteiger partial charge in [0.2, 0.25) is 0 Å². The molecule has 7 aromatic carbocycles. The van der Waals surface area contributed by atoms with Crippen LogP contribution in [-0.2, 0) is 0 Å². The third-order valence-electron chi connectivity index (χ3n) is 9.01. The molecule has 1 aliphatic rings. The predicted octanol–water partition coefficient (Wildman–Crippen LogP) is 13.4. The smallest absolute Gasteiger partial charge is 0.0181 e. The second kappa shape index (κ2) is 10.3. The zero-order valence-corrected chi connectivity index (χ0v) is 28.3. The van der Waals surface area contributed by atoms with Gasteiger partial charge in [0.15, 0.2) is 0 Å². The van der Waals surface area contributed by atoms with Crippen LogP contribution < -0.4 is 0 Å². The van der Waals surface area contributed by atoms with Gasteiger partial charge >= 0.3 is 0 Å². The molecule has 0 amide bonds. The lowest BCUT2D eigenvalue weighted by molar-refractivity contribution is 1.38. The third kappa shape index (κ3) is 4.30. The van der Waals surface area contributed by atoms with E-state index in [9.17, 15) is 0 Å². The van der Waals surface area contributed by atoms with Gasteiger partial charge in [0.25, 0.3) is 0 Å². The Balaban J connectivity index is 1.60. The third-order valence-corrected chi connectivity index (χ3v) is 9.99. The zero-order chi connectivity index (χ0) is 30.3. The van der Waals surface area contributed by atoms with Crippen molar-refractivity contribution in [3.63, 3.8) is 0 Å². The predicted molar refractivity (Wildman–Crippen MR) is 197 cm³/mol. The van der Waals surface area contributed by atoms with E-state index in [1.165, 1.54) is 99.4 Å². The molecule has 44 heavy (non-hydrogen) atoms. The fourth-order valence-corrected chi connectivity index (χ4v) is 8.33. The van der Waals surface area contributed by atoms with Crippen LogP contribution in [0, 0.1) is 27.7 Å². The Kier molecular flexibility index (Phi) is 6.45. The first kappa shape index (κ1) is 27.6. The van der Waals surface area contributed by atoms with E-state index in [0.717, 1.165) is 8.95 Å². The molecule has 0 saturated heterocycles. The van der Waals surface area contributed by atoms with Gasteiger partial charge in [-0.3, -0.25) is 0 Å². The molecule has 0 spiro atoms. The Hall–Kier alpha value is -3.98. The topological polar surface area (TPSA) is 0 Å². The van der Waals surface area contributed by atoms with Gasteiger partial charge in [-0.15, -0.1) is 0 Å². The summed E-state index contributed by atoms with van der Waals surface area (Å²) >= 11 is 7.56. The lowest BCUT2D eigenvalue weighted by atomic mass is 9.81. The molecule has 0 bridgehead atoms. The molecule has 8 rings (SSSR count). The van der Waals surface area contributed by atoms with Crippen molar-refractivity contribution in [1.82, 2.24) is 0 Å². The SMILES string of the molecule is Cc1cc(C)cc(-c2c3c(c(-c4cc(C)cc(C)c4)c4cc(Br)ccc24)-c2ccc(-c4cccc(Br)c4)c4cccc-3c24)c1. The Bertz CT molecular complexity index is 2300. The van der Waals surface area contributed by atoms with Gasteiger partial charge in [0.05, 0.1) is 0 Å². The molecule has 2 heteroatoms. The minimum atomic E-state index is 1.09. The molecule has 0 fully saturated rings. The summed E-state index contributed by atoms with van der Waals surface area (Å²) < 4.78 is 2.18. The van der Waals surface area contributed by atoms with Crippen molar-refractivity contribution in [2.75, 3.05) is 0 Å². The number of fused-ring (bicyclic) bond motifs is 4. The van der Waals surface area contributed by atoms with Gasteiger partial charge in [-0.05, 0) is 129 Å². The van der Waals surface area contributed by atoms with Crippen molar-refractivity contribution in [2.24, 2.45) is 0 Å². The van der Waals surface area contributed by atoms with Crippen molar-refractivity contribution >= 4 is 53.4 Å². The van der Waals surface area contributed by atoms with Crippen LogP contribution in [0.1, 0.15) is 22.3 Å². The van der Waals surface area contributed by atoms with Crippen LogP contribution in [0.15, 0.2) is 118 Å². The number of hydrogen-bond donors (Lipinski definition) is 0. The summed E-state index contributed by atoms with van der Waals surface area (Å²) in [5, 5.41) is 5.18. The molecule has 1 aliphatic carbocycles. The summed E-state index contributed by atoms with van der Waals surface area (Å²) in [5.74, 6) is 0. The van der Waals surface area contributed by atoms with E-state index in [2.05, 4.69) is 169 Å². The van der Waals surface area contributed by atoms with Gasteiger partial charge in [-0.2, -0.15) is 0 Å². The Morgan fingerprint density at radius 1 is 0.364 bits per heavy atom. The second-order valence-electron chi connectivity index (χ2n) is 12.3. The minimum Gasteiger partial charge on any atom is -0.0610 e. The molecular formula is C42H30Br2. The van der Waals surface area contributed by atoms with Crippen LogP contribution in [0.4, 0.5) is 0 Å². The first-order valence-corrected chi connectivity index (χ1v) is 16.6. The van der Waals surface area contributed by atoms with Crippen LogP contribution in [0.3, 0.4) is 0 Å². The maximum atomic E-state index is 3.85. The Labute approximate surface area is 275 Å². The molecule has 212 valence electrons. The average Bonchev–Trinajstić information content (AvgIpc) is 3.30. The van der Waals surface area contributed by atoms with Crippen molar-refractivity contribution in [2.45, 2.75) is 27.7 Å². The summed E-state index contributed by atoms with van der Waals surface area (Å²) in [6.07, 6.45) is 0. The zero-order valence-electron chi connectivity index (χ0n) is 25.1. The monoisotopic (exact) mass is 692 g/mol. The van der Waals surface area contributed by atoms with Gasteiger partial charge in [0, 0.05) is 8.95 Å². The normalized spacial score (nSPS) is 11.9. The number of rotatable bonds is 3. The minimum absolute atomic E-state index is 1.09. The number of aryl methyl sites for hydroxylation is 4. The van der Waals surface area contributed by atoms with Crippen molar-refractivity contribution in [3.8, 4) is 55.6 Å². The molecule has 7 aromatic rings. The molecule has 0 aromatic heterocycles. The highest BCUT2D eigenvalue weighted by molar-refractivity contribution is 9.10. The molecular weight excluding hydrogens is 664 g/mol. The number of benzene rings is 7. The number of hydrogen-bond acceptors (Lipinski definition) is 0. The van der Waals surface area contributed by atoms with Crippen molar-refractivity contribution < 1.29 is 0 Å². The fraction of sp³-hybridized carbons (Fsp3) is 0.0952. The molecule has 0 unspecified atom stereocenters. The molecule has 0 aliphatic heterocycles. The molecule has 0 radical (unpaired) electrons. The van der Waals surface area contributed by atoms with Crippen LogP contribution in [0.2, 0.25) is 0 Å². The van der Waals surface area contributed by atoms with Crippen LogP contribution in [0.25, 0.3) is 77.2 Å². The first-order valence-electron chi connectivity index (χ1n) is 15.1. The van der Waals surface area contributed by atoms with Crippen LogP contribution in [0.5, 0.6) is 0 Å². The Morgan fingerprint density at radius 2 is 0.909 bits per heavy atom. The molecule has 0 saturated carbocycles. The van der Waals surface area contributed by atoms with Crippen LogP contribution in [-0.4, -0.2) is 0 Å². The average molecular weight is 695 g/mol. The largest absolute Gasteiger partial charge is 0.0610 e.